The van der Waals surface area contributed by atoms with Crippen molar-refractivity contribution in [1.29, 1.82) is 0 Å². The number of amides is 1. The molecule has 1 heterocycles. The van der Waals surface area contributed by atoms with Crippen molar-refractivity contribution in [1.82, 2.24) is 4.90 Å². The lowest BCUT2D eigenvalue weighted by molar-refractivity contribution is -0.149. The molecule has 0 aliphatic carbocycles. The summed E-state index contributed by atoms with van der Waals surface area (Å²) in [6.45, 7) is 5.26. The maximum absolute atomic E-state index is 12.6. The molecule has 21 heavy (non-hydrogen) atoms. The number of halogens is 1. The molecule has 1 fully saturated rings. The number of rotatable bonds is 3. The number of ether oxygens (including phenoxy) is 1. The minimum absolute atomic E-state index is 0.00556. The van der Waals surface area contributed by atoms with Gasteiger partial charge in [-0.15, -0.1) is 0 Å². The first-order chi connectivity index (χ1) is 10.0. The van der Waals surface area contributed by atoms with Gasteiger partial charge in [-0.05, 0) is 50.5 Å². The number of hydrogen-bond donors (Lipinski definition) is 0. The molecule has 0 radical (unpaired) electrons. The maximum Gasteiger partial charge on any atom is 0.310 e. The van der Waals surface area contributed by atoms with Crippen molar-refractivity contribution in [3.63, 3.8) is 0 Å². The molecule has 0 N–H and O–H groups in total. The van der Waals surface area contributed by atoms with Crippen LogP contribution in [0.15, 0.2) is 22.7 Å². The average Bonchev–Trinajstić information content (AvgIpc) is 2.47. The number of aryl methyl sites for hydroxylation is 1. The quantitative estimate of drug-likeness (QED) is 0.784. The summed E-state index contributed by atoms with van der Waals surface area (Å²) in [5.74, 6) is -0.394. The smallest absolute Gasteiger partial charge is 0.310 e. The van der Waals surface area contributed by atoms with Crippen molar-refractivity contribution in [3.8, 4) is 0 Å². The van der Waals surface area contributed by atoms with Gasteiger partial charge in [-0.1, -0.05) is 15.9 Å². The highest BCUT2D eigenvalue weighted by Crippen LogP contribution is 2.22. The first-order valence-corrected chi connectivity index (χ1v) is 8.04. The standard InChI is InChI=1S/C16H20BrNO3/c1-3-21-16(20)12-5-4-8-18(10-12)15(19)14-7-6-13(17)9-11(14)2/h6-7,9,12H,3-5,8,10H2,1-2H3/t12-/m0/s1. The van der Waals surface area contributed by atoms with Crippen LogP contribution in [0.1, 0.15) is 35.7 Å². The lowest BCUT2D eigenvalue weighted by Crippen LogP contribution is -2.43. The van der Waals surface area contributed by atoms with Gasteiger partial charge in [0.05, 0.1) is 12.5 Å². The van der Waals surface area contributed by atoms with Crippen molar-refractivity contribution in [2.75, 3.05) is 19.7 Å². The molecule has 0 spiro atoms. The molecule has 2 rings (SSSR count). The zero-order chi connectivity index (χ0) is 15.4. The topological polar surface area (TPSA) is 46.6 Å². The molecule has 4 nitrogen and oxygen atoms in total. The first-order valence-electron chi connectivity index (χ1n) is 7.25. The van der Waals surface area contributed by atoms with E-state index < -0.39 is 0 Å². The Balaban J connectivity index is 2.10. The van der Waals surface area contributed by atoms with Gasteiger partial charge in [0.15, 0.2) is 0 Å². The van der Waals surface area contributed by atoms with E-state index >= 15 is 0 Å². The number of carbonyl (C=O) groups is 2. The fraction of sp³-hybridized carbons (Fsp3) is 0.500. The number of piperidine rings is 1. The van der Waals surface area contributed by atoms with Crippen LogP contribution in [0.4, 0.5) is 0 Å². The molecular formula is C16H20BrNO3. The van der Waals surface area contributed by atoms with Crippen LogP contribution in [0.5, 0.6) is 0 Å². The highest BCUT2D eigenvalue weighted by molar-refractivity contribution is 9.10. The Morgan fingerprint density at radius 2 is 2.19 bits per heavy atom. The molecule has 114 valence electrons. The van der Waals surface area contributed by atoms with E-state index in [1.807, 2.05) is 25.1 Å². The van der Waals surface area contributed by atoms with E-state index in [0.29, 0.717) is 25.3 Å². The molecule has 0 aromatic heterocycles. The molecule has 1 aromatic rings. The molecule has 0 unspecified atom stereocenters. The summed E-state index contributed by atoms with van der Waals surface area (Å²) >= 11 is 3.40. The molecule has 0 saturated carbocycles. The number of hydrogen-bond acceptors (Lipinski definition) is 3. The largest absolute Gasteiger partial charge is 0.466 e. The van der Waals surface area contributed by atoms with Gasteiger partial charge in [-0.25, -0.2) is 0 Å². The number of benzene rings is 1. The third kappa shape index (κ3) is 3.84. The second-order valence-corrected chi connectivity index (χ2v) is 6.22. The Hall–Kier alpha value is -1.36. The van der Waals surface area contributed by atoms with Crippen LogP contribution >= 0.6 is 15.9 Å². The van der Waals surface area contributed by atoms with Crippen LogP contribution in [0.2, 0.25) is 0 Å². The monoisotopic (exact) mass is 353 g/mol. The van der Waals surface area contributed by atoms with Crippen molar-refractivity contribution in [2.24, 2.45) is 5.92 Å². The van der Waals surface area contributed by atoms with Crippen LogP contribution in [-0.2, 0) is 9.53 Å². The van der Waals surface area contributed by atoms with Crippen LogP contribution in [-0.4, -0.2) is 36.5 Å². The van der Waals surface area contributed by atoms with Gasteiger partial charge in [0.1, 0.15) is 0 Å². The predicted molar refractivity (Wildman–Crippen MR) is 84.1 cm³/mol. The normalized spacial score (nSPS) is 18.4. The van der Waals surface area contributed by atoms with E-state index in [2.05, 4.69) is 15.9 Å². The van der Waals surface area contributed by atoms with E-state index in [1.165, 1.54) is 0 Å². The third-order valence-electron chi connectivity index (χ3n) is 3.75. The number of carbonyl (C=O) groups excluding carboxylic acids is 2. The third-order valence-corrected chi connectivity index (χ3v) is 4.24. The number of esters is 1. The van der Waals surface area contributed by atoms with E-state index in [-0.39, 0.29) is 17.8 Å². The van der Waals surface area contributed by atoms with E-state index in [1.54, 1.807) is 11.8 Å². The number of nitrogens with zero attached hydrogens (tertiary/aromatic N) is 1. The zero-order valence-corrected chi connectivity index (χ0v) is 14.0. The van der Waals surface area contributed by atoms with E-state index in [0.717, 1.165) is 22.9 Å². The Morgan fingerprint density at radius 1 is 1.43 bits per heavy atom. The zero-order valence-electron chi connectivity index (χ0n) is 12.4. The van der Waals surface area contributed by atoms with Crippen LogP contribution < -0.4 is 0 Å². The average molecular weight is 354 g/mol. The van der Waals surface area contributed by atoms with Gasteiger partial charge in [-0.3, -0.25) is 9.59 Å². The molecule has 1 atom stereocenters. The summed E-state index contributed by atoms with van der Waals surface area (Å²) in [6.07, 6.45) is 1.63. The molecule has 0 bridgehead atoms. The van der Waals surface area contributed by atoms with Gasteiger partial charge in [0, 0.05) is 23.1 Å². The highest BCUT2D eigenvalue weighted by Gasteiger charge is 2.30. The fourth-order valence-electron chi connectivity index (χ4n) is 2.65. The molecule has 1 aliphatic rings. The summed E-state index contributed by atoms with van der Waals surface area (Å²) in [4.78, 5) is 26.2. The van der Waals surface area contributed by atoms with Crippen molar-refractivity contribution < 1.29 is 14.3 Å². The number of likely N-dealkylation sites (tertiary alicyclic amines) is 1. The van der Waals surface area contributed by atoms with E-state index in [9.17, 15) is 9.59 Å². The molecule has 5 heteroatoms. The van der Waals surface area contributed by atoms with Gasteiger partial charge in [0.2, 0.25) is 0 Å². The van der Waals surface area contributed by atoms with Crippen molar-refractivity contribution in [3.05, 3.63) is 33.8 Å². The predicted octanol–water partition coefficient (Wildman–Crippen LogP) is 3.17. The summed E-state index contributed by atoms with van der Waals surface area (Å²) < 4.78 is 6.03. The molecule has 1 amide bonds. The molecule has 1 aliphatic heterocycles. The molecule has 1 saturated heterocycles. The second kappa shape index (κ2) is 7.07. The summed E-state index contributed by atoms with van der Waals surface area (Å²) in [5, 5.41) is 0. The minimum atomic E-state index is -0.196. The van der Waals surface area contributed by atoms with E-state index in [4.69, 9.17) is 4.74 Å². The summed E-state index contributed by atoms with van der Waals surface area (Å²) in [6, 6.07) is 5.63. The SMILES string of the molecule is CCOC(=O)[C@H]1CCCN(C(=O)c2ccc(Br)cc2C)C1. The van der Waals surface area contributed by atoms with Crippen LogP contribution in [0, 0.1) is 12.8 Å². The van der Waals surface area contributed by atoms with Gasteiger partial charge in [0.25, 0.3) is 5.91 Å². The Labute approximate surface area is 133 Å². The minimum Gasteiger partial charge on any atom is -0.466 e. The van der Waals surface area contributed by atoms with Crippen LogP contribution in [0.25, 0.3) is 0 Å². The first kappa shape index (κ1) is 16.0. The molecule has 1 aromatic carbocycles. The van der Waals surface area contributed by atoms with Gasteiger partial charge < -0.3 is 9.64 Å². The van der Waals surface area contributed by atoms with Crippen LogP contribution in [0.3, 0.4) is 0 Å². The second-order valence-electron chi connectivity index (χ2n) is 5.30. The Kier molecular flexibility index (Phi) is 5.39. The summed E-state index contributed by atoms with van der Waals surface area (Å²) in [7, 11) is 0. The lowest BCUT2D eigenvalue weighted by Gasteiger charge is -2.32. The Bertz CT molecular complexity index is 544. The maximum atomic E-state index is 12.6. The van der Waals surface area contributed by atoms with Crippen molar-refractivity contribution in [2.45, 2.75) is 26.7 Å². The van der Waals surface area contributed by atoms with Gasteiger partial charge in [-0.2, -0.15) is 0 Å². The summed E-state index contributed by atoms with van der Waals surface area (Å²) in [5.41, 5.74) is 1.63. The highest BCUT2D eigenvalue weighted by atomic mass is 79.9. The van der Waals surface area contributed by atoms with Gasteiger partial charge >= 0.3 is 5.97 Å². The fourth-order valence-corrected chi connectivity index (χ4v) is 3.13. The lowest BCUT2D eigenvalue weighted by atomic mass is 9.97. The Morgan fingerprint density at radius 3 is 2.86 bits per heavy atom. The molecular weight excluding hydrogens is 334 g/mol. The van der Waals surface area contributed by atoms with Crippen molar-refractivity contribution >= 4 is 27.8 Å².